The predicted octanol–water partition coefficient (Wildman–Crippen LogP) is 0.490. The van der Waals surface area contributed by atoms with Crippen LogP contribution in [0.4, 0.5) is 0 Å². The summed E-state index contributed by atoms with van der Waals surface area (Å²) in [4.78, 5) is 21.8. The normalized spacial score (nSPS) is 13.2. The molecule has 140 valence electrons. The number of primary amides is 1. The number of hydrogen-bond acceptors (Lipinski definition) is 5. The number of carbonyl (C=O) groups is 2. The Morgan fingerprint density at radius 3 is 2.44 bits per heavy atom. The number of ether oxygens (including phenoxy) is 2. The molecule has 0 aliphatic rings. The molecule has 1 aromatic carbocycles. The number of hydrogen-bond donors (Lipinski definition) is 3. The van der Waals surface area contributed by atoms with Crippen molar-refractivity contribution in [2.24, 2.45) is 11.5 Å². The van der Waals surface area contributed by atoms with E-state index < -0.39 is 0 Å². The fourth-order valence-corrected chi connectivity index (χ4v) is 2.12. The van der Waals surface area contributed by atoms with Gasteiger partial charge in [-0.15, -0.1) is 0 Å². The fraction of sp³-hybridized carbons (Fsp3) is 0.556. The lowest BCUT2D eigenvalue weighted by Gasteiger charge is -2.20. The summed E-state index contributed by atoms with van der Waals surface area (Å²) in [6, 6.07) is 7.80. The van der Waals surface area contributed by atoms with Crippen molar-refractivity contribution < 1.29 is 19.1 Å². The van der Waals surface area contributed by atoms with Crippen molar-refractivity contribution in [3.05, 3.63) is 35.4 Å². The first-order chi connectivity index (χ1) is 11.9. The molecule has 0 aliphatic heterocycles. The largest absolute Gasteiger partial charge is 0.372 e. The lowest BCUT2D eigenvalue weighted by Crippen LogP contribution is -2.35. The molecule has 7 nitrogen and oxygen atoms in total. The average Bonchev–Trinajstić information content (AvgIpc) is 2.61. The number of likely N-dealkylation sites (N-methyl/N-ethyl adjacent to an activating group) is 1. The summed E-state index contributed by atoms with van der Waals surface area (Å²) in [6.07, 6.45) is 1.38. The van der Waals surface area contributed by atoms with Crippen LogP contribution in [-0.2, 0) is 32.1 Å². The lowest BCUT2D eigenvalue weighted by atomic mass is 10.1. The van der Waals surface area contributed by atoms with Crippen LogP contribution >= 0.6 is 0 Å². The molecule has 0 radical (unpaired) electrons. The quantitative estimate of drug-likeness (QED) is 0.474. The van der Waals surface area contributed by atoms with Gasteiger partial charge in [0.1, 0.15) is 6.61 Å². The third-order valence-electron chi connectivity index (χ3n) is 3.91. The summed E-state index contributed by atoms with van der Waals surface area (Å²) in [5.74, 6) is -0.479. The molecule has 1 rings (SSSR count). The second-order valence-electron chi connectivity index (χ2n) is 5.98. The van der Waals surface area contributed by atoms with Crippen LogP contribution in [-0.4, -0.2) is 44.2 Å². The van der Waals surface area contributed by atoms with Gasteiger partial charge < -0.3 is 26.3 Å². The van der Waals surface area contributed by atoms with E-state index in [1.807, 2.05) is 31.2 Å². The van der Waals surface area contributed by atoms with Crippen molar-refractivity contribution in [1.82, 2.24) is 5.32 Å². The minimum absolute atomic E-state index is 0.0797. The summed E-state index contributed by atoms with van der Waals surface area (Å²) >= 11 is 0. The molecule has 0 saturated heterocycles. The Kier molecular flexibility index (Phi) is 9.76. The molecule has 1 unspecified atom stereocenters. The Morgan fingerprint density at radius 2 is 1.84 bits per heavy atom. The van der Waals surface area contributed by atoms with E-state index in [2.05, 4.69) is 5.32 Å². The van der Waals surface area contributed by atoms with Crippen LogP contribution in [0.5, 0.6) is 0 Å². The Hall–Kier alpha value is -1.96. The van der Waals surface area contributed by atoms with Gasteiger partial charge in [0, 0.05) is 19.5 Å². The van der Waals surface area contributed by atoms with Crippen molar-refractivity contribution in [1.29, 1.82) is 0 Å². The van der Waals surface area contributed by atoms with Crippen LogP contribution < -0.4 is 16.8 Å². The molecular weight excluding hydrogens is 322 g/mol. The number of carbonyl (C=O) groups excluding carboxylic acids is 2. The zero-order chi connectivity index (χ0) is 18.7. The molecule has 2 atom stereocenters. The second-order valence-corrected chi connectivity index (χ2v) is 5.98. The maximum Gasteiger partial charge on any atom is 0.245 e. The van der Waals surface area contributed by atoms with Crippen molar-refractivity contribution in [2.45, 2.75) is 44.9 Å². The monoisotopic (exact) mass is 351 g/mol. The number of rotatable bonds is 12. The van der Waals surface area contributed by atoms with Gasteiger partial charge in [0.2, 0.25) is 11.8 Å². The molecule has 5 N–H and O–H groups in total. The summed E-state index contributed by atoms with van der Waals surface area (Å²) in [5.41, 5.74) is 13.3. The zero-order valence-corrected chi connectivity index (χ0v) is 15.0. The van der Waals surface area contributed by atoms with E-state index in [0.717, 1.165) is 17.5 Å². The maximum atomic E-state index is 11.0. The fourth-order valence-electron chi connectivity index (χ4n) is 2.12. The molecule has 0 spiro atoms. The standard InChI is InChI=1S/C18H29N3O4/c1-13(16(19)7-8-17(20)22)25-11-15-5-3-14(4-6-15)9-10-24-12-18(23)21-2/h3-6,13,16H,7-12,19H2,1-2H3,(H2,20,22)(H,21,23)/t13-,16?/m1/s1. The molecule has 1 aromatic rings. The highest BCUT2D eigenvalue weighted by Crippen LogP contribution is 2.10. The summed E-state index contributed by atoms with van der Waals surface area (Å²) < 4.78 is 11.0. The highest BCUT2D eigenvalue weighted by molar-refractivity contribution is 5.76. The van der Waals surface area contributed by atoms with E-state index in [-0.39, 0.29) is 37.0 Å². The Bertz CT molecular complexity index is 534. The Labute approximate surface area is 149 Å². The molecule has 0 fully saturated rings. The van der Waals surface area contributed by atoms with Crippen LogP contribution in [0, 0.1) is 0 Å². The number of benzene rings is 1. The second kappa shape index (κ2) is 11.6. The van der Waals surface area contributed by atoms with Crippen molar-refractivity contribution in [3.8, 4) is 0 Å². The minimum atomic E-state index is -0.349. The number of nitrogens with one attached hydrogen (secondary N) is 1. The molecule has 0 aromatic heterocycles. The topological polar surface area (TPSA) is 117 Å². The van der Waals surface area contributed by atoms with Crippen LogP contribution in [0.25, 0.3) is 0 Å². The summed E-state index contributed by atoms with van der Waals surface area (Å²) in [7, 11) is 1.58. The molecule has 0 bridgehead atoms. The molecule has 0 saturated carbocycles. The van der Waals surface area contributed by atoms with Gasteiger partial charge in [-0.3, -0.25) is 9.59 Å². The van der Waals surface area contributed by atoms with E-state index >= 15 is 0 Å². The van der Waals surface area contributed by atoms with E-state index in [4.69, 9.17) is 20.9 Å². The van der Waals surface area contributed by atoms with E-state index in [9.17, 15) is 9.59 Å². The van der Waals surface area contributed by atoms with Crippen LogP contribution in [0.1, 0.15) is 30.9 Å². The lowest BCUT2D eigenvalue weighted by molar-refractivity contribution is -0.125. The number of nitrogens with two attached hydrogens (primary N) is 2. The van der Waals surface area contributed by atoms with Gasteiger partial charge in [-0.1, -0.05) is 24.3 Å². The van der Waals surface area contributed by atoms with Crippen molar-refractivity contribution in [2.75, 3.05) is 20.3 Å². The average molecular weight is 351 g/mol. The Balaban J connectivity index is 2.29. The van der Waals surface area contributed by atoms with Gasteiger partial charge in [0.15, 0.2) is 0 Å². The molecule has 25 heavy (non-hydrogen) atoms. The van der Waals surface area contributed by atoms with Gasteiger partial charge in [0.25, 0.3) is 0 Å². The van der Waals surface area contributed by atoms with Gasteiger partial charge in [-0.05, 0) is 30.9 Å². The highest BCUT2D eigenvalue weighted by atomic mass is 16.5. The van der Waals surface area contributed by atoms with Crippen molar-refractivity contribution >= 4 is 11.8 Å². The summed E-state index contributed by atoms with van der Waals surface area (Å²) in [5, 5.41) is 2.51. The first-order valence-corrected chi connectivity index (χ1v) is 8.44. The zero-order valence-electron chi connectivity index (χ0n) is 15.0. The molecular formula is C18H29N3O4. The molecule has 2 amide bonds. The Morgan fingerprint density at radius 1 is 1.20 bits per heavy atom. The van der Waals surface area contributed by atoms with Gasteiger partial charge >= 0.3 is 0 Å². The molecule has 0 aliphatic carbocycles. The van der Waals surface area contributed by atoms with Gasteiger partial charge in [-0.25, -0.2) is 0 Å². The van der Waals surface area contributed by atoms with Crippen molar-refractivity contribution in [3.63, 3.8) is 0 Å². The molecule has 7 heteroatoms. The first kappa shape index (κ1) is 21.1. The van der Waals surface area contributed by atoms with Crippen LogP contribution in [0.2, 0.25) is 0 Å². The van der Waals surface area contributed by atoms with E-state index in [0.29, 0.717) is 19.6 Å². The van der Waals surface area contributed by atoms with Gasteiger partial charge in [-0.2, -0.15) is 0 Å². The maximum absolute atomic E-state index is 11.0. The van der Waals surface area contributed by atoms with Crippen LogP contribution in [0.15, 0.2) is 24.3 Å². The number of amides is 2. The highest BCUT2D eigenvalue weighted by Gasteiger charge is 2.14. The molecule has 0 heterocycles. The van der Waals surface area contributed by atoms with E-state index in [1.54, 1.807) is 7.05 Å². The first-order valence-electron chi connectivity index (χ1n) is 8.44. The minimum Gasteiger partial charge on any atom is -0.372 e. The predicted molar refractivity (Wildman–Crippen MR) is 95.7 cm³/mol. The smallest absolute Gasteiger partial charge is 0.245 e. The van der Waals surface area contributed by atoms with Gasteiger partial charge in [0.05, 0.1) is 19.3 Å². The third kappa shape index (κ3) is 9.19. The SMILES string of the molecule is CNC(=O)COCCc1ccc(CO[C@H](C)C(N)CCC(N)=O)cc1. The summed E-state index contributed by atoms with van der Waals surface area (Å²) in [6.45, 7) is 2.92. The van der Waals surface area contributed by atoms with Crippen LogP contribution in [0.3, 0.4) is 0 Å². The third-order valence-corrected chi connectivity index (χ3v) is 3.91. The van der Waals surface area contributed by atoms with E-state index in [1.165, 1.54) is 0 Å².